The van der Waals surface area contributed by atoms with Gasteiger partial charge in [-0.15, -0.1) is 0 Å². The molecule has 1 aliphatic heterocycles. The summed E-state index contributed by atoms with van der Waals surface area (Å²) < 4.78 is 20.0. The van der Waals surface area contributed by atoms with Gasteiger partial charge in [0.15, 0.2) is 0 Å². The molecule has 128 valence electrons. The van der Waals surface area contributed by atoms with Gasteiger partial charge in [0, 0.05) is 12.5 Å². The van der Waals surface area contributed by atoms with Crippen LogP contribution in [0.5, 0.6) is 5.75 Å². The molecule has 8 heteroatoms. The van der Waals surface area contributed by atoms with Crippen molar-refractivity contribution in [1.29, 1.82) is 0 Å². The van der Waals surface area contributed by atoms with Gasteiger partial charge in [-0.3, -0.25) is 4.79 Å². The largest absolute Gasteiger partial charge is 0.492 e. The number of hydrogen-bond acceptors (Lipinski definition) is 5. The molecule has 0 unspecified atom stereocenters. The highest BCUT2D eigenvalue weighted by molar-refractivity contribution is 5.77. The quantitative estimate of drug-likeness (QED) is 0.722. The lowest BCUT2D eigenvalue weighted by Gasteiger charge is -2.23. The fourth-order valence-electron chi connectivity index (χ4n) is 2.59. The third-order valence-corrected chi connectivity index (χ3v) is 3.86. The zero-order chi connectivity index (χ0) is 16.8. The number of fused-ring (bicyclic) bond motifs is 1. The average molecular weight is 333 g/mol. The first-order chi connectivity index (χ1) is 11.7. The fourth-order valence-corrected chi connectivity index (χ4v) is 2.59. The minimum absolute atomic E-state index is 0.0814. The molecular weight excluding hydrogens is 313 g/mol. The van der Waals surface area contributed by atoms with E-state index in [-0.39, 0.29) is 24.3 Å². The van der Waals surface area contributed by atoms with E-state index in [4.69, 9.17) is 4.74 Å². The first kappa shape index (κ1) is 16.4. The fraction of sp³-hybridized carbons (Fsp3) is 0.438. The molecule has 2 N–H and O–H groups in total. The van der Waals surface area contributed by atoms with Crippen molar-refractivity contribution in [2.45, 2.75) is 25.4 Å². The molecule has 2 aromatic rings. The summed E-state index contributed by atoms with van der Waals surface area (Å²) in [6.07, 6.45) is 3.37. The van der Waals surface area contributed by atoms with Crippen molar-refractivity contribution in [3.63, 3.8) is 0 Å². The van der Waals surface area contributed by atoms with Gasteiger partial charge in [-0.2, -0.15) is 5.10 Å². The van der Waals surface area contributed by atoms with Crippen molar-refractivity contribution in [2.24, 2.45) is 0 Å². The van der Waals surface area contributed by atoms with Gasteiger partial charge in [-0.05, 0) is 30.7 Å². The number of aryl methyl sites for hydroxylation is 1. The summed E-state index contributed by atoms with van der Waals surface area (Å²) in [5, 5.41) is 10.2. The molecule has 0 radical (unpaired) electrons. The number of halogens is 1. The second-order valence-electron chi connectivity index (χ2n) is 5.63. The molecule has 1 amide bonds. The number of nitrogens with zero attached hydrogens (tertiary/aromatic N) is 3. The van der Waals surface area contributed by atoms with Crippen LogP contribution in [0, 0.1) is 5.82 Å². The van der Waals surface area contributed by atoms with E-state index in [0.29, 0.717) is 18.9 Å². The molecule has 1 aromatic heterocycles. The van der Waals surface area contributed by atoms with Gasteiger partial charge in [-0.25, -0.2) is 14.1 Å². The van der Waals surface area contributed by atoms with Crippen molar-refractivity contribution < 1.29 is 13.9 Å². The molecule has 24 heavy (non-hydrogen) atoms. The predicted molar refractivity (Wildman–Crippen MR) is 85.0 cm³/mol. The first-order valence-electron chi connectivity index (χ1n) is 7.96. The van der Waals surface area contributed by atoms with Crippen LogP contribution < -0.4 is 15.4 Å². The van der Waals surface area contributed by atoms with Gasteiger partial charge in [0.1, 0.15) is 30.3 Å². The van der Waals surface area contributed by atoms with E-state index in [1.54, 1.807) is 18.5 Å². The van der Waals surface area contributed by atoms with Crippen molar-refractivity contribution >= 4 is 5.91 Å². The summed E-state index contributed by atoms with van der Waals surface area (Å²) in [6, 6.07) is 6.01. The third-order valence-electron chi connectivity index (χ3n) is 3.86. The minimum Gasteiger partial charge on any atom is -0.492 e. The van der Waals surface area contributed by atoms with Crippen LogP contribution in [-0.4, -0.2) is 46.4 Å². The van der Waals surface area contributed by atoms with Crippen LogP contribution in [0.4, 0.5) is 4.39 Å². The Kier molecular flexibility index (Phi) is 5.37. The van der Waals surface area contributed by atoms with Crippen molar-refractivity contribution in [3.8, 4) is 5.75 Å². The molecule has 0 bridgehead atoms. The Hall–Kier alpha value is -2.48. The van der Waals surface area contributed by atoms with Crippen molar-refractivity contribution in [3.05, 3.63) is 42.2 Å². The number of benzene rings is 1. The first-order valence-corrected chi connectivity index (χ1v) is 7.96. The van der Waals surface area contributed by atoms with Crippen LogP contribution in [0.15, 0.2) is 30.6 Å². The molecule has 1 aliphatic rings. The Balaban J connectivity index is 1.30. The zero-order valence-corrected chi connectivity index (χ0v) is 13.2. The number of nitrogens with one attached hydrogen (secondary N) is 2. The molecule has 1 atom stereocenters. The zero-order valence-electron chi connectivity index (χ0n) is 13.2. The molecule has 0 aliphatic carbocycles. The number of hydrogen-bond donors (Lipinski definition) is 2. The normalized spacial score (nSPS) is 16.5. The number of aromatic nitrogens is 3. The maximum absolute atomic E-state index is 12.8. The van der Waals surface area contributed by atoms with E-state index in [2.05, 4.69) is 20.7 Å². The van der Waals surface area contributed by atoms with Crippen LogP contribution in [-0.2, 0) is 17.8 Å². The molecule has 0 saturated heterocycles. The van der Waals surface area contributed by atoms with Gasteiger partial charge in [-0.1, -0.05) is 0 Å². The SMILES string of the molecule is O=C(CN[C@H]1CCc2ncnn2C1)NCCOc1ccc(F)cc1. The van der Waals surface area contributed by atoms with E-state index in [9.17, 15) is 9.18 Å². The smallest absolute Gasteiger partial charge is 0.234 e. The van der Waals surface area contributed by atoms with E-state index in [1.165, 1.54) is 12.1 Å². The number of carbonyl (C=O) groups excluding carboxylic acids is 1. The Labute approximate surface area is 139 Å². The Morgan fingerprint density at radius 1 is 1.38 bits per heavy atom. The number of rotatable bonds is 7. The third kappa shape index (κ3) is 4.51. The standard InChI is InChI=1S/C16H20FN5O2/c17-12-1-4-14(5-2-12)24-8-7-18-16(23)9-19-13-3-6-15-20-11-21-22(15)10-13/h1-2,4-5,11,13,19H,3,6-10H2,(H,18,23)/t13-/m0/s1. The minimum atomic E-state index is -0.303. The van der Waals surface area contributed by atoms with Crippen LogP contribution in [0.1, 0.15) is 12.2 Å². The van der Waals surface area contributed by atoms with E-state index in [1.807, 2.05) is 4.68 Å². The lowest BCUT2D eigenvalue weighted by molar-refractivity contribution is -0.120. The summed E-state index contributed by atoms with van der Waals surface area (Å²) in [5.74, 6) is 1.19. The summed E-state index contributed by atoms with van der Waals surface area (Å²) >= 11 is 0. The number of carbonyl (C=O) groups is 1. The number of ether oxygens (including phenoxy) is 1. The topological polar surface area (TPSA) is 81.1 Å². The molecule has 7 nitrogen and oxygen atoms in total. The van der Waals surface area contributed by atoms with Crippen molar-refractivity contribution in [1.82, 2.24) is 25.4 Å². The van der Waals surface area contributed by atoms with Gasteiger partial charge in [0.2, 0.25) is 5.91 Å². The lowest BCUT2D eigenvalue weighted by Crippen LogP contribution is -2.44. The van der Waals surface area contributed by atoms with E-state index < -0.39 is 0 Å². The van der Waals surface area contributed by atoms with Crippen molar-refractivity contribution in [2.75, 3.05) is 19.7 Å². The lowest BCUT2D eigenvalue weighted by atomic mass is 10.1. The molecule has 3 rings (SSSR count). The summed E-state index contributed by atoms with van der Waals surface area (Å²) in [5.41, 5.74) is 0. The average Bonchev–Trinajstić information content (AvgIpc) is 3.06. The van der Waals surface area contributed by atoms with Gasteiger partial charge >= 0.3 is 0 Å². The summed E-state index contributed by atoms with van der Waals surface area (Å²) in [4.78, 5) is 16.0. The molecule has 2 heterocycles. The summed E-state index contributed by atoms with van der Waals surface area (Å²) in [7, 11) is 0. The van der Waals surface area contributed by atoms with Crippen LogP contribution >= 0.6 is 0 Å². The maximum Gasteiger partial charge on any atom is 0.234 e. The molecule has 0 saturated carbocycles. The van der Waals surface area contributed by atoms with Gasteiger partial charge < -0.3 is 15.4 Å². The summed E-state index contributed by atoms with van der Waals surface area (Å²) in [6.45, 7) is 1.72. The predicted octanol–water partition coefficient (Wildman–Crippen LogP) is 0.517. The molecular formula is C16H20FN5O2. The maximum atomic E-state index is 12.8. The highest BCUT2D eigenvalue weighted by atomic mass is 19.1. The number of amides is 1. The Morgan fingerprint density at radius 2 is 2.21 bits per heavy atom. The van der Waals surface area contributed by atoms with E-state index >= 15 is 0 Å². The molecule has 0 spiro atoms. The van der Waals surface area contributed by atoms with Crippen LogP contribution in [0.2, 0.25) is 0 Å². The van der Waals surface area contributed by atoms with Gasteiger partial charge in [0.25, 0.3) is 0 Å². The van der Waals surface area contributed by atoms with Crippen LogP contribution in [0.25, 0.3) is 0 Å². The monoisotopic (exact) mass is 333 g/mol. The second kappa shape index (κ2) is 7.87. The Bertz CT molecular complexity index is 673. The van der Waals surface area contributed by atoms with Crippen LogP contribution in [0.3, 0.4) is 0 Å². The molecule has 0 fully saturated rings. The van der Waals surface area contributed by atoms with E-state index in [0.717, 1.165) is 25.2 Å². The second-order valence-corrected chi connectivity index (χ2v) is 5.63. The Morgan fingerprint density at radius 3 is 3.04 bits per heavy atom. The highest BCUT2D eigenvalue weighted by Crippen LogP contribution is 2.11. The molecule has 1 aromatic carbocycles. The van der Waals surface area contributed by atoms with Gasteiger partial charge in [0.05, 0.1) is 19.6 Å². The highest BCUT2D eigenvalue weighted by Gasteiger charge is 2.19.